The van der Waals surface area contributed by atoms with E-state index in [9.17, 15) is 14.7 Å². The molecule has 0 radical (unpaired) electrons. The lowest BCUT2D eigenvalue weighted by molar-refractivity contribution is -0.132. The Bertz CT molecular complexity index is 1100. The van der Waals surface area contributed by atoms with Crippen LogP contribution in [0.2, 0.25) is 0 Å². The second kappa shape index (κ2) is 9.49. The number of carbonyl (C=O) groups excluding carboxylic acids is 2. The van der Waals surface area contributed by atoms with E-state index in [1.165, 1.54) is 4.90 Å². The summed E-state index contributed by atoms with van der Waals surface area (Å²) in [6, 6.07) is 18.1. The summed E-state index contributed by atoms with van der Waals surface area (Å²) in [6.07, 6.45) is 1.56. The Morgan fingerprint density at radius 3 is 2.47 bits per heavy atom. The Kier molecular flexibility index (Phi) is 6.51. The Morgan fingerprint density at radius 2 is 1.78 bits per heavy atom. The van der Waals surface area contributed by atoms with Crippen LogP contribution in [0.15, 0.2) is 54.6 Å². The number of nitrogens with zero attached hydrogens (tertiary/aromatic N) is 3. The smallest absolute Gasteiger partial charge is 0.279 e. The zero-order valence-electron chi connectivity index (χ0n) is 18.6. The molecule has 0 saturated heterocycles. The first-order chi connectivity index (χ1) is 15.5. The Labute approximate surface area is 188 Å². The predicted octanol–water partition coefficient (Wildman–Crippen LogP) is 3.84. The van der Waals surface area contributed by atoms with Crippen LogP contribution in [-0.4, -0.2) is 44.5 Å². The minimum absolute atomic E-state index is 0.0732. The number of benzene rings is 2. The van der Waals surface area contributed by atoms with Gasteiger partial charge in [-0.2, -0.15) is 0 Å². The Balaban J connectivity index is 1.88. The van der Waals surface area contributed by atoms with Gasteiger partial charge in [-0.05, 0) is 31.7 Å². The molecule has 0 spiro atoms. The highest BCUT2D eigenvalue weighted by Gasteiger charge is 2.35. The second-order valence-electron chi connectivity index (χ2n) is 8.48. The first kappa shape index (κ1) is 22.0. The lowest BCUT2D eigenvalue weighted by atomic mass is 9.98. The molecule has 0 aliphatic carbocycles. The zero-order valence-corrected chi connectivity index (χ0v) is 18.6. The number of imidazole rings is 1. The number of aromatic nitrogens is 2. The summed E-state index contributed by atoms with van der Waals surface area (Å²) in [6.45, 7) is 4.50. The molecule has 6 heteroatoms. The van der Waals surface area contributed by atoms with Gasteiger partial charge in [0.2, 0.25) is 5.91 Å². The van der Waals surface area contributed by atoms with Crippen molar-refractivity contribution < 1.29 is 14.7 Å². The van der Waals surface area contributed by atoms with Crippen LogP contribution in [0.5, 0.6) is 0 Å². The van der Waals surface area contributed by atoms with Crippen molar-refractivity contribution in [1.29, 1.82) is 0 Å². The molecule has 0 saturated carbocycles. The van der Waals surface area contributed by atoms with Gasteiger partial charge in [0.05, 0.1) is 5.69 Å². The third-order valence-electron chi connectivity index (χ3n) is 6.02. The number of aryl methyl sites for hydroxylation is 2. The van der Waals surface area contributed by atoms with Crippen molar-refractivity contribution >= 4 is 11.8 Å². The van der Waals surface area contributed by atoms with E-state index in [0.717, 1.165) is 28.2 Å². The summed E-state index contributed by atoms with van der Waals surface area (Å²) in [4.78, 5) is 33.0. The molecule has 1 aromatic heterocycles. The summed E-state index contributed by atoms with van der Waals surface area (Å²) >= 11 is 0. The monoisotopic (exact) mass is 431 g/mol. The van der Waals surface area contributed by atoms with Crippen molar-refractivity contribution in [3.05, 3.63) is 77.1 Å². The largest absolute Gasteiger partial charge is 0.396 e. The highest BCUT2D eigenvalue weighted by Crippen LogP contribution is 2.29. The summed E-state index contributed by atoms with van der Waals surface area (Å²) in [7, 11) is 0. The third-order valence-corrected chi connectivity index (χ3v) is 6.02. The molecular weight excluding hydrogens is 402 g/mol. The lowest BCUT2D eigenvalue weighted by Crippen LogP contribution is -2.43. The summed E-state index contributed by atoms with van der Waals surface area (Å²) in [5.74, 6) is -0.0468. The van der Waals surface area contributed by atoms with Crippen LogP contribution in [0, 0.1) is 12.8 Å². The average Bonchev–Trinajstić information content (AvgIpc) is 3.15. The Morgan fingerprint density at radius 1 is 1.06 bits per heavy atom. The van der Waals surface area contributed by atoms with Gasteiger partial charge in [0.15, 0.2) is 0 Å². The van der Waals surface area contributed by atoms with E-state index >= 15 is 0 Å². The number of hydrogen-bond acceptors (Lipinski definition) is 4. The van der Waals surface area contributed by atoms with Crippen molar-refractivity contribution in [1.82, 2.24) is 14.5 Å². The van der Waals surface area contributed by atoms with Crippen molar-refractivity contribution in [2.75, 3.05) is 13.2 Å². The van der Waals surface area contributed by atoms with E-state index in [4.69, 9.17) is 4.98 Å². The molecular formula is C26H29N3O3. The van der Waals surface area contributed by atoms with Crippen LogP contribution < -0.4 is 0 Å². The van der Waals surface area contributed by atoms with Gasteiger partial charge in [-0.1, -0.05) is 67.1 Å². The molecule has 1 aliphatic rings. The molecule has 0 fully saturated rings. The van der Waals surface area contributed by atoms with E-state index < -0.39 is 0 Å². The molecule has 1 aliphatic heterocycles. The third kappa shape index (κ3) is 4.36. The van der Waals surface area contributed by atoms with E-state index in [1.54, 1.807) is 0 Å². The SMILES string of the molecule is Cc1ccc(-c2nc3c(n2Cc2ccccc2)C(=O)N(CCCO)C(=O)[C@H](C)CC3)cc1. The molecule has 32 heavy (non-hydrogen) atoms. The fourth-order valence-corrected chi connectivity index (χ4v) is 4.17. The van der Waals surface area contributed by atoms with Crippen LogP contribution in [0.3, 0.4) is 0 Å². The van der Waals surface area contributed by atoms with Crippen molar-refractivity contribution in [3.8, 4) is 11.4 Å². The van der Waals surface area contributed by atoms with E-state index in [0.29, 0.717) is 31.5 Å². The topological polar surface area (TPSA) is 75.4 Å². The maximum absolute atomic E-state index is 13.7. The molecule has 2 heterocycles. The zero-order chi connectivity index (χ0) is 22.7. The van der Waals surface area contributed by atoms with Crippen LogP contribution >= 0.6 is 0 Å². The number of aliphatic hydroxyl groups excluding tert-OH is 1. The molecule has 2 aromatic carbocycles. The normalized spacial score (nSPS) is 16.6. The van der Waals surface area contributed by atoms with Gasteiger partial charge in [-0.25, -0.2) is 4.98 Å². The Hall–Kier alpha value is -3.25. The summed E-state index contributed by atoms with van der Waals surface area (Å²) < 4.78 is 1.95. The standard InChI is InChI=1S/C26H29N3O3/c1-18-9-12-21(13-10-18)24-27-22-14-11-19(2)25(31)28(15-6-16-30)26(32)23(22)29(24)17-20-7-4-3-5-8-20/h3-5,7-10,12-13,19,30H,6,11,14-17H2,1-2H3/t19-/m1/s1. The van der Waals surface area contributed by atoms with Gasteiger partial charge in [0.1, 0.15) is 11.5 Å². The van der Waals surface area contributed by atoms with Crippen LogP contribution in [0.1, 0.15) is 47.1 Å². The predicted molar refractivity (Wildman–Crippen MR) is 123 cm³/mol. The number of amides is 2. The lowest BCUT2D eigenvalue weighted by Gasteiger charge is -2.27. The number of fused-ring (bicyclic) bond motifs is 1. The number of rotatable bonds is 6. The fraction of sp³-hybridized carbons (Fsp3) is 0.346. The molecule has 6 nitrogen and oxygen atoms in total. The van der Waals surface area contributed by atoms with Crippen LogP contribution in [0.4, 0.5) is 0 Å². The number of carbonyl (C=O) groups is 2. The maximum Gasteiger partial charge on any atom is 0.279 e. The molecule has 2 amide bonds. The molecule has 3 aromatic rings. The van der Waals surface area contributed by atoms with E-state index in [-0.39, 0.29) is 30.9 Å². The second-order valence-corrected chi connectivity index (χ2v) is 8.48. The summed E-state index contributed by atoms with van der Waals surface area (Å²) in [5.41, 5.74) is 4.35. The van der Waals surface area contributed by atoms with Crippen molar-refractivity contribution in [2.45, 2.75) is 39.7 Å². The number of hydrogen-bond donors (Lipinski definition) is 1. The van der Waals surface area contributed by atoms with Gasteiger partial charge < -0.3 is 9.67 Å². The average molecular weight is 432 g/mol. The van der Waals surface area contributed by atoms with Crippen molar-refractivity contribution in [3.63, 3.8) is 0 Å². The first-order valence-electron chi connectivity index (χ1n) is 11.2. The van der Waals surface area contributed by atoms with Gasteiger partial charge in [0.25, 0.3) is 5.91 Å². The molecule has 1 atom stereocenters. The van der Waals surface area contributed by atoms with Gasteiger partial charge >= 0.3 is 0 Å². The van der Waals surface area contributed by atoms with Gasteiger partial charge in [-0.15, -0.1) is 0 Å². The molecule has 4 rings (SSSR count). The highest BCUT2D eigenvalue weighted by atomic mass is 16.3. The minimum atomic E-state index is -0.327. The highest BCUT2D eigenvalue weighted by molar-refractivity contribution is 6.05. The maximum atomic E-state index is 13.7. The molecule has 166 valence electrons. The fourth-order valence-electron chi connectivity index (χ4n) is 4.17. The molecule has 0 unspecified atom stereocenters. The first-order valence-corrected chi connectivity index (χ1v) is 11.2. The van der Waals surface area contributed by atoms with Crippen LogP contribution in [-0.2, 0) is 17.8 Å². The van der Waals surface area contributed by atoms with Crippen molar-refractivity contribution in [2.24, 2.45) is 5.92 Å². The summed E-state index contributed by atoms with van der Waals surface area (Å²) in [5, 5.41) is 9.31. The quantitative estimate of drug-likeness (QED) is 0.602. The minimum Gasteiger partial charge on any atom is -0.396 e. The van der Waals surface area contributed by atoms with E-state index in [1.807, 2.05) is 73.0 Å². The van der Waals surface area contributed by atoms with Gasteiger partial charge in [-0.3, -0.25) is 14.5 Å². The van der Waals surface area contributed by atoms with E-state index in [2.05, 4.69) is 0 Å². The molecule has 0 bridgehead atoms. The van der Waals surface area contributed by atoms with Gasteiger partial charge in [0, 0.05) is 31.2 Å². The molecule has 1 N–H and O–H groups in total. The number of aliphatic hydroxyl groups is 1. The number of imide groups is 1. The van der Waals surface area contributed by atoms with Crippen LogP contribution in [0.25, 0.3) is 11.4 Å².